The lowest BCUT2D eigenvalue weighted by Gasteiger charge is -2.09. The fraction of sp³-hybridized carbons (Fsp3) is 0.353. The Labute approximate surface area is 125 Å². The van der Waals surface area contributed by atoms with Crippen molar-refractivity contribution in [1.82, 2.24) is 10.3 Å². The molecule has 2 N–H and O–H groups in total. The van der Waals surface area contributed by atoms with Crippen LogP contribution in [0.1, 0.15) is 25.1 Å². The van der Waals surface area contributed by atoms with Crippen LogP contribution >= 0.6 is 0 Å². The number of hydrogen-bond donors (Lipinski definition) is 2. The summed E-state index contributed by atoms with van der Waals surface area (Å²) < 4.78 is 5.67. The fourth-order valence-corrected chi connectivity index (χ4v) is 1.85. The second-order valence-corrected chi connectivity index (χ2v) is 5.47. The molecule has 0 unspecified atom stereocenters. The van der Waals surface area contributed by atoms with Gasteiger partial charge in [-0.3, -0.25) is 4.98 Å². The molecule has 1 aromatic heterocycles. The lowest BCUT2D eigenvalue weighted by molar-refractivity contribution is 0.304. The van der Waals surface area contributed by atoms with Crippen molar-refractivity contribution in [3.63, 3.8) is 0 Å². The number of pyridine rings is 1. The zero-order valence-electron chi connectivity index (χ0n) is 12.5. The van der Waals surface area contributed by atoms with Gasteiger partial charge in [-0.2, -0.15) is 0 Å². The van der Waals surface area contributed by atoms with Gasteiger partial charge >= 0.3 is 0 Å². The van der Waals surface area contributed by atoms with E-state index in [0.29, 0.717) is 12.5 Å². The zero-order chi connectivity index (χ0) is 15.1. The van der Waals surface area contributed by atoms with Crippen LogP contribution < -0.4 is 10.1 Å². The van der Waals surface area contributed by atoms with Crippen LogP contribution in [0, 0.1) is 5.92 Å². The van der Waals surface area contributed by atoms with Crippen molar-refractivity contribution in [3.05, 3.63) is 53.9 Å². The number of nitrogens with one attached hydrogen (secondary N) is 1. The SMILES string of the molecule is CC(C)CNCc1ccc(OCc2ccc(O)cc2)cn1. The number of aromatic hydroxyl groups is 1. The van der Waals surface area contributed by atoms with E-state index in [9.17, 15) is 5.11 Å². The maximum atomic E-state index is 9.22. The van der Waals surface area contributed by atoms with Gasteiger partial charge in [-0.05, 0) is 42.3 Å². The molecule has 0 fully saturated rings. The molecule has 112 valence electrons. The number of aromatic nitrogens is 1. The maximum absolute atomic E-state index is 9.22. The number of phenols is 1. The van der Waals surface area contributed by atoms with Crippen LogP contribution in [0.5, 0.6) is 11.5 Å². The molecule has 0 radical (unpaired) electrons. The van der Waals surface area contributed by atoms with Gasteiger partial charge in [0.25, 0.3) is 0 Å². The molecule has 0 atom stereocenters. The van der Waals surface area contributed by atoms with Crippen molar-refractivity contribution < 1.29 is 9.84 Å². The van der Waals surface area contributed by atoms with Crippen LogP contribution in [0.4, 0.5) is 0 Å². The number of hydrogen-bond acceptors (Lipinski definition) is 4. The van der Waals surface area contributed by atoms with Crippen molar-refractivity contribution >= 4 is 0 Å². The van der Waals surface area contributed by atoms with Gasteiger partial charge < -0.3 is 15.2 Å². The van der Waals surface area contributed by atoms with Gasteiger partial charge in [0.15, 0.2) is 0 Å². The Morgan fingerprint density at radius 1 is 1.14 bits per heavy atom. The quantitative estimate of drug-likeness (QED) is 0.821. The summed E-state index contributed by atoms with van der Waals surface area (Å²) in [4.78, 5) is 4.37. The molecule has 0 amide bonds. The molecule has 0 aliphatic heterocycles. The lowest BCUT2D eigenvalue weighted by atomic mass is 10.2. The van der Waals surface area contributed by atoms with E-state index in [1.807, 2.05) is 24.3 Å². The first-order valence-electron chi connectivity index (χ1n) is 7.20. The van der Waals surface area contributed by atoms with Crippen molar-refractivity contribution in [2.75, 3.05) is 6.54 Å². The van der Waals surface area contributed by atoms with E-state index in [-0.39, 0.29) is 5.75 Å². The highest BCUT2D eigenvalue weighted by Crippen LogP contribution is 2.14. The molecule has 0 bridgehead atoms. The normalized spacial score (nSPS) is 10.8. The van der Waals surface area contributed by atoms with Gasteiger partial charge in [0, 0.05) is 6.54 Å². The summed E-state index contributed by atoms with van der Waals surface area (Å²) >= 11 is 0. The third-order valence-corrected chi connectivity index (χ3v) is 3.00. The minimum atomic E-state index is 0.263. The fourth-order valence-electron chi connectivity index (χ4n) is 1.85. The molecule has 0 aliphatic carbocycles. The van der Waals surface area contributed by atoms with E-state index in [4.69, 9.17) is 4.74 Å². The van der Waals surface area contributed by atoms with Crippen LogP contribution in [0.2, 0.25) is 0 Å². The summed E-state index contributed by atoms with van der Waals surface area (Å²) in [5, 5.41) is 12.6. The molecule has 0 spiro atoms. The van der Waals surface area contributed by atoms with Crippen molar-refractivity contribution in [2.24, 2.45) is 5.92 Å². The van der Waals surface area contributed by atoms with Gasteiger partial charge in [0.1, 0.15) is 18.1 Å². The molecule has 1 aromatic carbocycles. The molecule has 4 heteroatoms. The summed E-state index contributed by atoms with van der Waals surface area (Å²) in [7, 11) is 0. The van der Waals surface area contributed by atoms with Crippen LogP contribution in [0.3, 0.4) is 0 Å². The molecule has 2 aromatic rings. The number of rotatable bonds is 7. The van der Waals surface area contributed by atoms with Crippen molar-refractivity contribution in [3.8, 4) is 11.5 Å². The molecule has 0 aliphatic rings. The predicted octanol–water partition coefficient (Wildman–Crippen LogP) is 3.11. The van der Waals surface area contributed by atoms with Gasteiger partial charge in [-0.15, -0.1) is 0 Å². The van der Waals surface area contributed by atoms with Crippen LogP contribution in [0.15, 0.2) is 42.6 Å². The van der Waals surface area contributed by atoms with Crippen LogP contribution in [-0.2, 0) is 13.2 Å². The topological polar surface area (TPSA) is 54.4 Å². The summed E-state index contributed by atoms with van der Waals surface area (Å²) in [5.41, 5.74) is 2.02. The molecular formula is C17H22N2O2. The Bertz CT molecular complexity index is 536. The first-order chi connectivity index (χ1) is 10.1. The second kappa shape index (κ2) is 7.64. The highest BCUT2D eigenvalue weighted by atomic mass is 16.5. The Hall–Kier alpha value is -2.07. The van der Waals surface area contributed by atoms with Crippen molar-refractivity contribution in [1.29, 1.82) is 0 Å². The molecule has 0 saturated carbocycles. The largest absolute Gasteiger partial charge is 0.508 e. The molecule has 4 nitrogen and oxygen atoms in total. The summed E-state index contributed by atoms with van der Waals surface area (Å²) in [6.07, 6.45) is 1.74. The summed E-state index contributed by atoms with van der Waals surface area (Å²) in [6, 6.07) is 10.9. The van der Waals surface area contributed by atoms with Gasteiger partial charge in [-0.1, -0.05) is 26.0 Å². The Morgan fingerprint density at radius 3 is 2.52 bits per heavy atom. The van der Waals surface area contributed by atoms with Crippen LogP contribution in [-0.4, -0.2) is 16.6 Å². The smallest absolute Gasteiger partial charge is 0.138 e. The number of benzene rings is 1. The van der Waals surface area contributed by atoms with E-state index < -0.39 is 0 Å². The standard InChI is InChI=1S/C17H22N2O2/c1-13(2)9-18-10-15-5-8-17(11-19-15)21-12-14-3-6-16(20)7-4-14/h3-8,11,13,18,20H,9-10,12H2,1-2H3. The van der Waals surface area contributed by atoms with E-state index in [0.717, 1.165) is 30.1 Å². The molecule has 0 saturated heterocycles. The second-order valence-electron chi connectivity index (χ2n) is 5.47. The molecular weight excluding hydrogens is 264 g/mol. The number of nitrogens with zero attached hydrogens (tertiary/aromatic N) is 1. The van der Waals surface area contributed by atoms with Crippen LogP contribution in [0.25, 0.3) is 0 Å². The Morgan fingerprint density at radius 2 is 1.90 bits per heavy atom. The minimum absolute atomic E-state index is 0.263. The minimum Gasteiger partial charge on any atom is -0.508 e. The van der Waals surface area contributed by atoms with E-state index in [1.165, 1.54) is 0 Å². The molecule has 1 heterocycles. The average Bonchev–Trinajstić information content (AvgIpc) is 2.48. The zero-order valence-corrected chi connectivity index (χ0v) is 12.5. The Balaban J connectivity index is 1.80. The average molecular weight is 286 g/mol. The Kier molecular flexibility index (Phi) is 5.58. The van der Waals surface area contributed by atoms with Gasteiger partial charge in [0.2, 0.25) is 0 Å². The first kappa shape index (κ1) is 15.3. The van der Waals surface area contributed by atoms with Crippen molar-refractivity contribution in [2.45, 2.75) is 27.0 Å². The van der Waals surface area contributed by atoms with Gasteiger partial charge in [0.05, 0.1) is 11.9 Å². The lowest BCUT2D eigenvalue weighted by Crippen LogP contribution is -2.19. The summed E-state index contributed by atoms with van der Waals surface area (Å²) in [5.74, 6) is 1.65. The van der Waals surface area contributed by atoms with Gasteiger partial charge in [-0.25, -0.2) is 0 Å². The highest BCUT2D eigenvalue weighted by Gasteiger charge is 2.00. The third kappa shape index (κ3) is 5.44. The number of phenolic OH excluding ortho intramolecular Hbond substituents is 1. The first-order valence-corrected chi connectivity index (χ1v) is 7.20. The van der Waals surface area contributed by atoms with E-state index >= 15 is 0 Å². The maximum Gasteiger partial charge on any atom is 0.138 e. The number of ether oxygens (including phenoxy) is 1. The monoisotopic (exact) mass is 286 g/mol. The third-order valence-electron chi connectivity index (χ3n) is 3.00. The molecule has 21 heavy (non-hydrogen) atoms. The summed E-state index contributed by atoms with van der Waals surface area (Å²) in [6.45, 7) is 6.59. The highest BCUT2D eigenvalue weighted by molar-refractivity contribution is 5.26. The van der Waals surface area contributed by atoms with E-state index in [1.54, 1.807) is 18.3 Å². The predicted molar refractivity (Wildman–Crippen MR) is 83.2 cm³/mol. The molecule has 2 rings (SSSR count). The van der Waals surface area contributed by atoms with E-state index in [2.05, 4.69) is 24.1 Å².